The molecule has 12 heavy (non-hydrogen) atoms. The maximum absolute atomic E-state index is 12.3. The van der Waals surface area contributed by atoms with Gasteiger partial charge in [0.25, 0.3) is 0 Å². The van der Waals surface area contributed by atoms with Gasteiger partial charge in [0.15, 0.2) is 0 Å². The van der Waals surface area contributed by atoms with Crippen molar-refractivity contribution in [2.24, 2.45) is 0 Å². The maximum atomic E-state index is 12.3. The van der Waals surface area contributed by atoms with Crippen LogP contribution in [0.25, 0.3) is 0 Å². The zero-order chi connectivity index (χ0) is 8.97. The molecule has 0 aliphatic heterocycles. The van der Waals surface area contributed by atoms with Crippen molar-refractivity contribution >= 4 is 11.6 Å². The van der Waals surface area contributed by atoms with Crippen LogP contribution < -0.4 is 5.32 Å². The van der Waals surface area contributed by atoms with Gasteiger partial charge < -0.3 is 10.4 Å². The molecule has 3 nitrogen and oxygen atoms in total. The predicted octanol–water partition coefficient (Wildman–Crippen LogP) is 0.757. The van der Waals surface area contributed by atoms with Crippen molar-refractivity contribution in [3.8, 4) is 0 Å². The minimum Gasteiger partial charge on any atom is -0.387 e. The summed E-state index contributed by atoms with van der Waals surface area (Å²) >= 11 is 0. The second-order valence-electron chi connectivity index (χ2n) is 2.21. The fourth-order valence-electron chi connectivity index (χ4n) is 0.734. The van der Waals surface area contributed by atoms with Gasteiger partial charge in [0.1, 0.15) is 12.4 Å². The highest BCUT2D eigenvalue weighted by molar-refractivity contribution is 5.91. The number of halogens is 1. The van der Waals surface area contributed by atoms with Crippen molar-refractivity contribution < 1.29 is 14.3 Å². The number of rotatable bonds is 2. The van der Waals surface area contributed by atoms with E-state index in [0.29, 0.717) is 5.69 Å². The quantitative estimate of drug-likeness (QED) is 0.686. The zero-order valence-electron chi connectivity index (χ0n) is 6.25. The van der Waals surface area contributed by atoms with Crippen LogP contribution in [0, 0.1) is 5.82 Å². The smallest absolute Gasteiger partial charge is 0.250 e. The molecule has 0 spiro atoms. The summed E-state index contributed by atoms with van der Waals surface area (Å²) in [4.78, 5) is 10.6. The normalized spacial score (nSPS) is 9.50. The second kappa shape index (κ2) is 3.82. The van der Waals surface area contributed by atoms with Gasteiger partial charge >= 0.3 is 0 Å². The Balaban J connectivity index is 2.64. The number of aliphatic hydroxyl groups excluding tert-OH is 1. The highest BCUT2D eigenvalue weighted by atomic mass is 19.1. The Hall–Kier alpha value is -1.42. The molecular formula is C8H8FNO2. The van der Waals surface area contributed by atoms with Gasteiger partial charge in [-0.15, -0.1) is 0 Å². The van der Waals surface area contributed by atoms with E-state index in [0.717, 1.165) is 0 Å². The van der Waals surface area contributed by atoms with Crippen molar-refractivity contribution in [1.82, 2.24) is 0 Å². The van der Waals surface area contributed by atoms with Crippen LogP contribution in [0.1, 0.15) is 0 Å². The predicted molar refractivity (Wildman–Crippen MR) is 42.1 cm³/mol. The molecule has 0 saturated carbocycles. The number of hydrogen-bond acceptors (Lipinski definition) is 2. The summed E-state index contributed by atoms with van der Waals surface area (Å²) in [6, 6.07) is 5.30. The molecular weight excluding hydrogens is 161 g/mol. The summed E-state index contributed by atoms with van der Waals surface area (Å²) < 4.78 is 12.3. The summed E-state index contributed by atoms with van der Waals surface area (Å²) in [6.45, 7) is -0.572. The third-order valence-electron chi connectivity index (χ3n) is 1.27. The Labute approximate surface area is 68.8 Å². The third kappa shape index (κ3) is 2.32. The molecule has 1 amide bonds. The van der Waals surface area contributed by atoms with E-state index >= 15 is 0 Å². The SMILES string of the molecule is O=C(CO)Nc1ccc(F)cc1. The average Bonchev–Trinajstić information content (AvgIpc) is 2.09. The van der Waals surface area contributed by atoms with Crippen LogP contribution in [0.4, 0.5) is 10.1 Å². The lowest BCUT2D eigenvalue weighted by Crippen LogP contribution is -2.15. The molecule has 4 heteroatoms. The molecule has 0 aliphatic rings. The average molecular weight is 169 g/mol. The van der Waals surface area contributed by atoms with Crippen LogP contribution in [0.15, 0.2) is 24.3 Å². The summed E-state index contributed by atoms with van der Waals surface area (Å²) in [5.74, 6) is -0.876. The summed E-state index contributed by atoms with van der Waals surface area (Å²) in [6.07, 6.45) is 0. The van der Waals surface area contributed by atoms with Crippen LogP contribution in [0.5, 0.6) is 0 Å². The van der Waals surface area contributed by atoms with Gasteiger partial charge in [-0.05, 0) is 24.3 Å². The first-order chi connectivity index (χ1) is 5.72. The topological polar surface area (TPSA) is 49.3 Å². The van der Waals surface area contributed by atoms with Crippen LogP contribution in [-0.4, -0.2) is 17.6 Å². The molecule has 0 bridgehead atoms. The number of amides is 1. The summed E-state index contributed by atoms with van der Waals surface area (Å²) in [7, 11) is 0. The van der Waals surface area contributed by atoms with E-state index in [4.69, 9.17) is 5.11 Å². The fourth-order valence-corrected chi connectivity index (χ4v) is 0.734. The van der Waals surface area contributed by atoms with E-state index in [2.05, 4.69) is 5.32 Å². The molecule has 1 aromatic rings. The lowest BCUT2D eigenvalue weighted by atomic mass is 10.3. The lowest BCUT2D eigenvalue weighted by molar-refractivity contribution is -0.118. The summed E-state index contributed by atoms with van der Waals surface area (Å²) in [5, 5.41) is 10.7. The minimum atomic E-state index is -0.572. The maximum Gasteiger partial charge on any atom is 0.250 e. The van der Waals surface area contributed by atoms with Gasteiger partial charge in [-0.25, -0.2) is 4.39 Å². The molecule has 0 heterocycles. The Kier molecular flexibility index (Phi) is 2.76. The Bertz CT molecular complexity index is 271. The van der Waals surface area contributed by atoms with Crippen molar-refractivity contribution in [2.75, 3.05) is 11.9 Å². The van der Waals surface area contributed by atoms with E-state index in [1.165, 1.54) is 24.3 Å². The molecule has 0 atom stereocenters. The van der Waals surface area contributed by atoms with Crippen LogP contribution in [0.2, 0.25) is 0 Å². The van der Waals surface area contributed by atoms with Crippen LogP contribution >= 0.6 is 0 Å². The van der Waals surface area contributed by atoms with Crippen LogP contribution in [-0.2, 0) is 4.79 Å². The van der Waals surface area contributed by atoms with Gasteiger partial charge in [0.05, 0.1) is 0 Å². The first kappa shape index (κ1) is 8.67. The highest BCUT2D eigenvalue weighted by Gasteiger charge is 1.98. The van der Waals surface area contributed by atoms with E-state index in [1.54, 1.807) is 0 Å². The number of aliphatic hydroxyl groups is 1. The molecule has 0 radical (unpaired) electrons. The first-order valence-electron chi connectivity index (χ1n) is 3.38. The number of carbonyl (C=O) groups excluding carboxylic acids is 1. The number of nitrogens with one attached hydrogen (secondary N) is 1. The Morgan fingerprint density at radius 2 is 2.00 bits per heavy atom. The molecule has 0 saturated heterocycles. The summed E-state index contributed by atoms with van der Waals surface area (Å²) in [5.41, 5.74) is 0.468. The minimum absolute atomic E-state index is 0.364. The number of anilines is 1. The standard InChI is InChI=1S/C8H8FNO2/c9-6-1-3-7(4-2-6)10-8(12)5-11/h1-4,11H,5H2,(H,10,12). The molecule has 0 aromatic heterocycles. The van der Waals surface area contributed by atoms with Crippen molar-refractivity contribution in [3.05, 3.63) is 30.1 Å². The highest BCUT2D eigenvalue weighted by Crippen LogP contribution is 2.07. The fraction of sp³-hybridized carbons (Fsp3) is 0.125. The van der Waals surface area contributed by atoms with E-state index in [1.807, 2.05) is 0 Å². The van der Waals surface area contributed by atoms with E-state index in [-0.39, 0.29) is 5.82 Å². The van der Waals surface area contributed by atoms with Gasteiger partial charge in [0, 0.05) is 5.69 Å². The third-order valence-corrected chi connectivity index (χ3v) is 1.27. The number of hydrogen-bond donors (Lipinski definition) is 2. The van der Waals surface area contributed by atoms with Gasteiger partial charge in [0.2, 0.25) is 5.91 Å². The zero-order valence-corrected chi connectivity index (χ0v) is 6.25. The first-order valence-corrected chi connectivity index (χ1v) is 3.38. The van der Waals surface area contributed by atoms with Crippen molar-refractivity contribution in [3.63, 3.8) is 0 Å². The molecule has 0 fully saturated rings. The number of carbonyl (C=O) groups is 1. The lowest BCUT2D eigenvalue weighted by Gasteiger charge is -2.01. The molecule has 2 N–H and O–H groups in total. The monoisotopic (exact) mass is 169 g/mol. The van der Waals surface area contributed by atoms with E-state index in [9.17, 15) is 9.18 Å². The Morgan fingerprint density at radius 1 is 1.42 bits per heavy atom. The second-order valence-corrected chi connectivity index (χ2v) is 2.21. The van der Waals surface area contributed by atoms with Crippen LogP contribution in [0.3, 0.4) is 0 Å². The molecule has 1 rings (SSSR count). The van der Waals surface area contributed by atoms with Crippen molar-refractivity contribution in [2.45, 2.75) is 0 Å². The molecule has 64 valence electrons. The molecule has 0 unspecified atom stereocenters. The van der Waals surface area contributed by atoms with E-state index < -0.39 is 12.5 Å². The van der Waals surface area contributed by atoms with Gasteiger partial charge in [-0.3, -0.25) is 4.79 Å². The molecule has 1 aromatic carbocycles. The Morgan fingerprint density at radius 3 is 2.50 bits per heavy atom. The van der Waals surface area contributed by atoms with Gasteiger partial charge in [-0.1, -0.05) is 0 Å². The number of benzene rings is 1. The van der Waals surface area contributed by atoms with Gasteiger partial charge in [-0.2, -0.15) is 0 Å². The molecule has 0 aliphatic carbocycles. The largest absolute Gasteiger partial charge is 0.387 e. The van der Waals surface area contributed by atoms with Crippen molar-refractivity contribution in [1.29, 1.82) is 0 Å².